The molecule has 10 heavy (non-hydrogen) atoms. The third-order valence-electron chi connectivity index (χ3n) is 0.729. The van der Waals surface area contributed by atoms with E-state index in [1.807, 2.05) is 34.6 Å². The number of hydrogen-bond donors (Lipinski definition) is 0. The summed E-state index contributed by atoms with van der Waals surface area (Å²) in [7, 11) is 1.41. The van der Waals surface area contributed by atoms with Crippen molar-refractivity contribution >= 4 is 7.69 Å². The normalized spacial score (nSPS) is 12.2. The van der Waals surface area contributed by atoms with E-state index in [0.29, 0.717) is 0 Å². The van der Waals surface area contributed by atoms with Crippen molar-refractivity contribution in [2.24, 2.45) is 0 Å². The van der Waals surface area contributed by atoms with Crippen LogP contribution in [0.4, 0.5) is 0 Å². The van der Waals surface area contributed by atoms with Gasteiger partial charge in [-0.15, -0.1) is 0 Å². The van der Waals surface area contributed by atoms with Gasteiger partial charge >= 0.3 is 7.69 Å². The van der Waals surface area contributed by atoms with Crippen molar-refractivity contribution in [3.63, 3.8) is 0 Å². The highest BCUT2D eigenvalue weighted by Crippen LogP contribution is 2.05. The van der Waals surface area contributed by atoms with Gasteiger partial charge in [0.25, 0.3) is 0 Å². The van der Waals surface area contributed by atoms with Crippen LogP contribution in [0.1, 0.15) is 34.6 Å². The van der Waals surface area contributed by atoms with E-state index in [0.717, 1.165) is 0 Å². The molecule has 0 heterocycles. The van der Waals surface area contributed by atoms with Crippen LogP contribution in [0.2, 0.25) is 0 Å². The summed E-state index contributed by atoms with van der Waals surface area (Å²) in [6.07, 6.45) is 0.197. The summed E-state index contributed by atoms with van der Waals surface area (Å²) < 4.78 is 10.3. The molecule has 3 heteroatoms. The van der Waals surface area contributed by atoms with Crippen molar-refractivity contribution in [2.45, 2.75) is 46.3 Å². The van der Waals surface area contributed by atoms with Gasteiger partial charge in [0.05, 0.1) is 0 Å². The van der Waals surface area contributed by atoms with E-state index in [1.54, 1.807) is 0 Å². The smallest absolute Gasteiger partial charge is 0.411 e. The average molecular weight is 143 g/mol. The van der Waals surface area contributed by atoms with Gasteiger partial charge in [-0.1, -0.05) is 0 Å². The minimum absolute atomic E-state index is 0.144. The maximum atomic E-state index is 5.19. The molecule has 0 unspecified atom stereocenters. The average Bonchev–Trinajstić information content (AvgIpc) is 1.59. The predicted octanol–water partition coefficient (Wildman–Crippen LogP) is 1.76. The van der Waals surface area contributed by atoms with Crippen molar-refractivity contribution < 1.29 is 9.31 Å². The Morgan fingerprint density at radius 3 is 2.00 bits per heavy atom. The van der Waals surface area contributed by atoms with E-state index in [4.69, 9.17) is 9.31 Å². The maximum Gasteiger partial charge on any atom is 0.488 e. The largest absolute Gasteiger partial charge is 0.488 e. The Morgan fingerprint density at radius 2 is 1.70 bits per heavy atom. The third kappa shape index (κ3) is 7.98. The van der Waals surface area contributed by atoms with Crippen LogP contribution in [-0.2, 0) is 9.31 Å². The molecule has 59 valence electrons. The molecule has 0 bridgehead atoms. The molecule has 0 spiro atoms. The summed E-state index contributed by atoms with van der Waals surface area (Å²) in [6, 6.07) is 0. The molecule has 0 rings (SSSR count). The molecule has 0 aromatic rings. The van der Waals surface area contributed by atoms with Gasteiger partial charge in [0.15, 0.2) is 0 Å². The zero-order chi connectivity index (χ0) is 8.20. The van der Waals surface area contributed by atoms with E-state index >= 15 is 0 Å². The molecule has 1 radical (unpaired) electrons. The molecule has 0 aromatic carbocycles. The highest BCUT2D eigenvalue weighted by atomic mass is 16.6. The first-order chi connectivity index (χ1) is 4.42. The fourth-order valence-corrected chi connectivity index (χ4v) is 0.283. The van der Waals surface area contributed by atoms with Crippen LogP contribution in [0.3, 0.4) is 0 Å². The van der Waals surface area contributed by atoms with Gasteiger partial charge in [-0.05, 0) is 34.6 Å². The quantitative estimate of drug-likeness (QED) is 0.560. The van der Waals surface area contributed by atoms with Crippen LogP contribution in [0.15, 0.2) is 0 Å². The Labute approximate surface area is 64.2 Å². The highest BCUT2D eigenvalue weighted by Gasteiger charge is 2.11. The van der Waals surface area contributed by atoms with Gasteiger partial charge in [0, 0.05) is 11.7 Å². The molecule has 0 saturated carbocycles. The lowest BCUT2D eigenvalue weighted by atomic mass is 10.1. The highest BCUT2D eigenvalue weighted by molar-refractivity contribution is 6.18. The monoisotopic (exact) mass is 143 g/mol. The van der Waals surface area contributed by atoms with Crippen molar-refractivity contribution in [3.8, 4) is 0 Å². The third-order valence-corrected chi connectivity index (χ3v) is 0.729. The second-order valence-corrected chi connectivity index (χ2v) is 3.51. The van der Waals surface area contributed by atoms with Crippen LogP contribution in [0.25, 0.3) is 0 Å². The maximum absolute atomic E-state index is 5.19. The molecule has 0 atom stereocenters. The van der Waals surface area contributed by atoms with Gasteiger partial charge < -0.3 is 9.31 Å². The summed E-state index contributed by atoms with van der Waals surface area (Å²) in [5.41, 5.74) is -0.144. The van der Waals surface area contributed by atoms with Gasteiger partial charge in [0.2, 0.25) is 0 Å². The Morgan fingerprint density at radius 1 is 1.20 bits per heavy atom. The Balaban J connectivity index is 3.21. The number of hydrogen-bond acceptors (Lipinski definition) is 2. The minimum Gasteiger partial charge on any atom is -0.411 e. The topological polar surface area (TPSA) is 18.5 Å². The van der Waals surface area contributed by atoms with E-state index in [2.05, 4.69) is 0 Å². The molecule has 0 aliphatic rings. The molecular weight excluding hydrogens is 127 g/mol. The van der Waals surface area contributed by atoms with Crippen molar-refractivity contribution in [2.75, 3.05) is 0 Å². The van der Waals surface area contributed by atoms with Crippen molar-refractivity contribution in [3.05, 3.63) is 0 Å². The molecule has 2 nitrogen and oxygen atoms in total. The minimum atomic E-state index is -0.144. The Hall–Kier alpha value is -0.0151. The predicted molar refractivity (Wildman–Crippen MR) is 42.8 cm³/mol. The Kier molecular flexibility index (Phi) is 3.98. The standard InChI is InChI=1S/C7H16BO2/c1-6(2)9-8-10-7(3,4)5/h6H,1-5H3. The van der Waals surface area contributed by atoms with E-state index < -0.39 is 0 Å². The van der Waals surface area contributed by atoms with Crippen LogP contribution >= 0.6 is 0 Å². The molecule has 0 aliphatic carbocycles. The number of rotatable bonds is 3. The molecule has 0 N–H and O–H groups in total. The molecule has 0 saturated heterocycles. The fraction of sp³-hybridized carbons (Fsp3) is 1.00. The summed E-state index contributed by atoms with van der Waals surface area (Å²) in [5.74, 6) is 0. The molecule has 0 aliphatic heterocycles. The van der Waals surface area contributed by atoms with Crippen LogP contribution < -0.4 is 0 Å². The first kappa shape index (κ1) is 9.98. The molecule has 0 amide bonds. The van der Waals surface area contributed by atoms with Gasteiger partial charge in [-0.2, -0.15) is 0 Å². The van der Waals surface area contributed by atoms with Crippen LogP contribution in [0.5, 0.6) is 0 Å². The summed E-state index contributed by atoms with van der Waals surface area (Å²) in [6.45, 7) is 9.86. The van der Waals surface area contributed by atoms with Gasteiger partial charge in [-0.25, -0.2) is 0 Å². The van der Waals surface area contributed by atoms with Crippen molar-refractivity contribution in [1.82, 2.24) is 0 Å². The van der Waals surface area contributed by atoms with Gasteiger partial charge in [0.1, 0.15) is 0 Å². The molecule has 0 fully saturated rings. The summed E-state index contributed by atoms with van der Waals surface area (Å²) >= 11 is 0. The lowest BCUT2D eigenvalue weighted by Gasteiger charge is -2.19. The van der Waals surface area contributed by atoms with Crippen molar-refractivity contribution in [1.29, 1.82) is 0 Å². The second kappa shape index (κ2) is 3.99. The van der Waals surface area contributed by atoms with E-state index in [1.165, 1.54) is 7.69 Å². The van der Waals surface area contributed by atoms with Crippen LogP contribution in [-0.4, -0.2) is 19.4 Å². The summed E-state index contributed by atoms with van der Waals surface area (Å²) in [5, 5.41) is 0. The zero-order valence-corrected chi connectivity index (χ0v) is 7.47. The van der Waals surface area contributed by atoms with Gasteiger partial charge in [-0.3, -0.25) is 0 Å². The van der Waals surface area contributed by atoms with E-state index in [-0.39, 0.29) is 11.7 Å². The fourth-order valence-electron chi connectivity index (χ4n) is 0.283. The zero-order valence-electron chi connectivity index (χ0n) is 7.47. The molecule has 0 aromatic heterocycles. The lowest BCUT2D eigenvalue weighted by molar-refractivity contribution is 0.0860. The SMILES string of the molecule is CC(C)O[B]OC(C)(C)C. The Bertz CT molecular complexity index is 86.1. The second-order valence-electron chi connectivity index (χ2n) is 3.51. The molecular formula is C7H16BO2. The summed E-state index contributed by atoms with van der Waals surface area (Å²) in [4.78, 5) is 0. The lowest BCUT2D eigenvalue weighted by Crippen LogP contribution is -2.24. The van der Waals surface area contributed by atoms with E-state index in [9.17, 15) is 0 Å². The first-order valence-corrected chi connectivity index (χ1v) is 3.57. The van der Waals surface area contributed by atoms with Crippen LogP contribution in [0, 0.1) is 0 Å². The first-order valence-electron chi connectivity index (χ1n) is 3.57.